The molecule has 1 aromatic rings. The van der Waals surface area contributed by atoms with E-state index in [1.165, 1.54) is 43.4 Å². The maximum atomic E-state index is 12.9. The number of carbonyl (C=O) groups excluding carboxylic acids is 2. The van der Waals surface area contributed by atoms with Gasteiger partial charge in [0.05, 0.1) is 19.8 Å². The normalized spacial score (nSPS) is 21.4. The van der Waals surface area contributed by atoms with Crippen molar-refractivity contribution >= 4 is 28.3 Å². The molecule has 0 atom stereocenters. The zero-order chi connectivity index (χ0) is 22.2. The molecule has 0 bridgehead atoms. The maximum Gasteiger partial charge on any atom is 0.273 e. The van der Waals surface area contributed by atoms with Crippen LogP contribution in [0.1, 0.15) is 42.6 Å². The van der Waals surface area contributed by atoms with Gasteiger partial charge in [0.15, 0.2) is 5.13 Å². The summed E-state index contributed by atoms with van der Waals surface area (Å²) in [5.74, 6) is 0.0449. The molecule has 0 radical (unpaired) electrons. The van der Waals surface area contributed by atoms with E-state index in [4.69, 9.17) is 4.74 Å². The monoisotopic (exact) mass is 464 g/mol. The van der Waals surface area contributed by atoms with Crippen molar-refractivity contribution in [3.63, 3.8) is 0 Å². The molecule has 0 aromatic carbocycles. The van der Waals surface area contributed by atoms with Gasteiger partial charge in [-0.2, -0.15) is 0 Å². The van der Waals surface area contributed by atoms with Crippen molar-refractivity contribution in [3.05, 3.63) is 11.1 Å². The average Bonchev–Trinajstić information content (AvgIpc) is 3.29. The van der Waals surface area contributed by atoms with Gasteiger partial charge in [0, 0.05) is 63.8 Å². The SMILES string of the molecule is O=C(CN1CCN(C(=O)c2csc(NC3CCCCC3)n2)CC1)NCCN1CCOCC1. The number of hydrogen-bond acceptors (Lipinski definition) is 8. The molecular formula is C22H36N6O3S. The summed E-state index contributed by atoms with van der Waals surface area (Å²) in [6, 6.07) is 0.487. The molecule has 1 aliphatic carbocycles. The van der Waals surface area contributed by atoms with Crippen LogP contribution >= 0.6 is 11.3 Å². The summed E-state index contributed by atoms with van der Waals surface area (Å²) in [5, 5.41) is 9.23. The molecule has 2 saturated heterocycles. The second-order valence-electron chi connectivity index (χ2n) is 8.89. The molecule has 3 fully saturated rings. The number of morpholine rings is 1. The van der Waals surface area contributed by atoms with Crippen LogP contribution in [-0.2, 0) is 9.53 Å². The predicted octanol–water partition coefficient (Wildman–Crippen LogP) is 1.09. The highest BCUT2D eigenvalue weighted by molar-refractivity contribution is 7.13. The smallest absolute Gasteiger partial charge is 0.273 e. The van der Waals surface area contributed by atoms with Crippen LogP contribution in [0.15, 0.2) is 5.38 Å². The largest absolute Gasteiger partial charge is 0.379 e. The van der Waals surface area contributed by atoms with Gasteiger partial charge in [0.1, 0.15) is 5.69 Å². The molecule has 1 aromatic heterocycles. The van der Waals surface area contributed by atoms with Gasteiger partial charge in [-0.15, -0.1) is 11.3 Å². The summed E-state index contributed by atoms with van der Waals surface area (Å²) in [6.45, 7) is 8.00. The first-order chi connectivity index (χ1) is 15.7. The van der Waals surface area contributed by atoms with Crippen LogP contribution in [0, 0.1) is 0 Å². The lowest BCUT2D eigenvalue weighted by Gasteiger charge is -2.34. The minimum Gasteiger partial charge on any atom is -0.379 e. The van der Waals surface area contributed by atoms with E-state index < -0.39 is 0 Å². The Morgan fingerprint density at radius 1 is 1.03 bits per heavy atom. The van der Waals surface area contributed by atoms with Crippen LogP contribution in [0.4, 0.5) is 5.13 Å². The Morgan fingerprint density at radius 2 is 1.78 bits per heavy atom. The van der Waals surface area contributed by atoms with E-state index >= 15 is 0 Å². The number of thiazole rings is 1. The Hall–Kier alpha value is -1.75. The van der Waals surface area contributed by atoms with E-state index in [0.29, 0.717) is 51.0 Å². The standard InChI is InChI=1S/C22H36N6O3S/c29-20(23-6-7-26-12-14-31-15-13-26)16-27-8-10-28(11-9-27)21(30)19-17-32-22(25-19)24-18-4-2-1-3-5-18/h17-18H,1-16H2,(H,23,29)(H,24,25). The quantitative estimate of drug-likeness (QED) is 0.595. The molecule has 0 unspecified atom stereocenters. The first-order valence-corrected chi connectivity index (χ1v) is 12.9. The number of nitrogens with one attached hydrogen (secondary N) is 2. The predicted molar refractivity (Wildman–Crippen MR) is 125 cm³/mol. The van der Waals surface area contributed by atoms with Crippen LogP contribution < -0.4 is 10.6 Å². The third kappa shape index (κ3) is 6.87. The zero-order valence-electron chi connectivity index (χ0n) is 18.9. The lowest BCUT2D eigenvalue weighted by Crippen LogP contribution is -2.51. The number of amides is 2. The van der Waals surface area contributed by atoms with Gasteiger partial charge in [-0.3, -0.25) is 19.4 Å². The van der Waals surface area contributed by atoms with Crippen molar-refractivity contribution in [1.82, 2.24) is 25.0 Å². The molecule has 3 heterocycles. The number of hydrogen-bond donors (Lipinski definition) is 2. The number of nitrogens with zero attached hydrogens (tertiary/aromatic N) is 4. The van der Waals surface area contributed by atoms with Crippen LogP contribution in [0.25, 0.3) is 0 Å². The van der Waals surface area contributed by atoms with Gasteiger partial charge in [0.2, 0.25) is 5.91 Å². The molecule has 0 spiro atoms. The Bertz CT molecular complexity index is 740. The molecule has 32 heavy (non-hydrogen) atoms. The highest BCUT2D eigenvalue weighted by atomic mass is 32.1. The van der Waals surface area contributed by atoms with Crippen LogP contribution in [-0.4, -0.2) is 110 Å². The van der Waals surface area contributed by atoms with E-state index in [1.54, 1.807) is 0 Å². The van der Waals surface area contributed by atoms with Crippen LogP contribution in [0.5, 0.6) is 0 Å². The molecule has 1 saturated carbocycles. The number of aromatic nitrogens is 1. The minimum absolute atomic E-state index is 0.00689. The summed E-state index contributed by atoms with van der Waals surface area (Å²) < 4.78 is 5.34. The number of ether oxygens (including phenoxy) is 1. The van der Waals surface area contributed by atoms with E-state index in [9.17, 15) is 9.59 Å². The topological polar surface area (TPSA) is 90.0 Å². The lowest BCUT2D eigenvalue weighted by atomic mass is 9.96. The first-order valence-electron chi connectivity index (χ1n) is 12.0. The van der Waals surface area contributed by atoms with Gasteiger partial charge in [-0.1, -0.05) is 19.3 Å². The Morgan fingerprint density at radius 3 is 2.53 bits per heavy atom. The number of anilines is 1. The van der Waals surface area contributed by atoms with E-state index in [-0.39, 0.29) is 11.8 Å². The van der Waals surface area contributed by atoms with Crippen molar-refractivity contribution in [2.24, 2.45) is 0 Å². The summed E-state index contributed by atoms with van der Waals surface area (Å²) >= 11 is 1.52. The summed E-state index contributed by atoms with van der Waals surface area (Å²) in [6.07, 6.45) is 6.23. The van der Waals surface area contributed by atoms with Gasteiger partial charge < -0.3 is 20.3 Å². The van der Waals surface area contributed by atoms with Crippen molar-refractivity contribution in [3.8, 4) is 0 Å². The lowest BCUT2D eigenvalue weighted by molar-refractivity contribution is -0.122. The fourth-order valence-electron chi connectivity index (χ4n) is 4.57. The van der Waals surface area contributed by atoms with E-state index in [1.807, 2.05) is 10.3 Å². The number of piperazine rings is 1. The van der Waals surface area contributed by atoms with Gasteiger partial charge in [-0.25, -0.2) is 4.98 Å². The summed E-state index contributed by atoms with van der Waals surface area (Å²) in [7, 11) is 0. The molecule has 3 aliphatic rings. The fourth-order valence-corrected chi connectivity index (χ4v) is 5.33. The zero-order valence-corrected chi connectivity index (χ0v) is 19.7. The summed E-state index contributed by atoms with van der Waals surface area (Å²) in [4.78, 5) is 35.9. The van der Waals surface area contributed by atoms with Crippen LogP contribution in [0.3, 0.4) is 0 Å². The maximum absolute atomic E-state index is 12.9. The van der Waals surface area contributed by atoms with Crippen molar-refractivity contribution in [1.29, 1.82) is 0 Å². The molecule has 2 N–H and O–H groups in total. The van der Waals surface area contributed by atoms with Gasteiger partial charge in [-0.05, 0) is 12.8 Å². The second kappa shape index (κ2) is 11.9. The highest BCUT2D eigenvalue weighted by Crippen LogP contribution is 2.24. The van der Waals surface area contributed by atoms with Crippen molar-refractivity contribution in [2.45, 2.75) is 38.1 Å². The highest BCUT2D eigenvalue weighted by Gasteiger charge is 2.25. The van der Waals surface area contributed by atoms with Crippen molar-refractivity contribution < 1.29 is 14.3 Å². The van der Waals surface area contributed by atoms with Gasteiger partial charge in [0.25, 0.3) is 5.91 Å². The fraction of sp³-hybridized carbons (Fsp3) is 0.773. The first kappa shape index (κ1) is 23.4. The molecule has 2 amide bonds. The minimum atomic E-state index is -0.00689. The molecule has 178 valence electrons. The Balaban J connectivity index is 1.14. The van der Waals surface area contributed by atoms with E-state index in [2.05, 4.69) is 25.4 Å². The second-order valence-corrected chi connectivity index (χ2v) is 9.75. The summed E-state index contributed by atoms with van der Waals surface area (Å²) in [5.41, 5.74) is 0.530. The average molecular weight is 465 g/mol. The third-order valence-electron chi connectivity index (χ3n) is 6.54. The number of carbonyl (C=O) groups is 2. The van der Waals surface area contributed by atoms with Crippen LogP contribution in [0.2, 0.25) is 0 Å². The third-order valence-corrected chi connectivity index (χ3v) is 7.31. The number of rotatable bonds is 8. The van der Waals surface area contributed by atoms with Crippen molar-refractivity contribution in [2.75, 3.05) is 77.4 Å². The molecular weight excluding hydrogens is 428 g/mol. The Kier molecular flexibility index (Phi) is 8.72. The van der Waals surface area contributed by atoms with Gasteiger partial charge >= 0.3 is 0 Å². The van der Waals surface area contributed by atoms with E-state index in [0.717, 1.165) is 38.0 Å². The molecule has 2 aliphatic heterocycles. The molecule has 9 nitrogen and oxygen atoms in total. The molecule has 4 rings (SSSR count). The molecule has 10 heteroatoms. The Labute approximate surface area is 194 Å².